The summed E-state index contributed by atoms with van der Waals surface area (Å²) < 4.78 is 13.3. The summed E-state index contributed by atoms with van der Waals surface area (Å²) in [6, 6.07) is 7.05. The van der Waals surface area contributed by atoms with E-state index in [1.54, 1.807) is 12.1 Å². The van der Waals surface area contributed by atoms with Crippen LogP contribution in [0.3, 0.4) is 0 Å². The van der Waals surface area contributed by atoms with Gasteiger partial charge in [-0.2, -0.15) is 0 Å². The van der Waals surface area contributed by atoms with Crippen LogP contribution in [0.1, 0.15) is 24.4 Å². The molecular formula is C14H21FN2O. The molecule has 1 aliphatic heterocycles. The van der Waals surface area contributed by atoms with Gasteiger partial charge in [0.25, 0.3) is 0 Å². The van der Waals surface area contributed by atoms with Crippen molar-refractivity contribution in [2.24, 2.45) is 0 Å². The summed E-state index contributed by atoms with van der Waals surface area (Å²) in [5.41, 5.74) is 1.02. The Morgan fingerprint density at radius 2 is 2.11 bits per heavy atom. The number of nitrogens with zero attached hydrogens (tertiary/aromatic N) is 1. The van der Waals surface area contributed by atoms with E-state index < -0.39 is 0 Å². The molecule has 3 nitrogen and oxygen atoms in total. The van der Waals surface area contributed by atoms with Crippen LogP contribution in [0.25, 0.3) is 0 Å². The van der Waals surface area contributed by atoms with Crippen LogP contribution >= 0.6 is 0 Å². The van der Waals surface area contributed by atoms with Crippen molar-refractivity contribution in [1.29, 1.82) is 0 Å². The molecule has 4 heteroatoms. The Balaban J connectivity index is 2.12. The molecule has 1 aromatic carbocycles. The molecule has 0 amide bonds. The zero-order valence-corrected chi connectivity index (χ0v) is 10.6. The monoisotopic (exact) mass is 252 g/mol. The van der Waals surface area contributed by atoms with Gasteiger partial charge in [0.15, 0.2) is 0 Å². The molecule has 1 aromatic rings. The van der Waals surface area contributed by atoms with E-state index in [1.165, 1.54) is 6.07 Å². The molecule has 0 aromatic heterocycles. The smallest absolute Gasteiger partial charge is 0.123 e. The SMILES string of the molecule is OCCC[C@H](c1cccc(F)c1)N1CCNCC1. The van der Waals surface area contributed by atoms with E-state index in [-0.39, 0.29) is 18.5 Å². The number of piperazine rings is 1. The lowest BCUT2D eigenvalue weighted by molar-refractivity contribution is 0.154. The van der Waals surface area contributed by atoms with Gasteiger partial charge in [-0.15, -0.1) is 0 Å². The molecule has 0 radical (unpaired) electrons. The van der Waals surface area contributed by atoms with Gasteiger partial charge in [0.2, 0.25) is 0 Å². The minimum absolute atomic E-state index is 0.184. The van der Waals surface area contributed by atoms with E-state index in [9.17, 15) is 4.39 Å². The average Bonchev–Trinajstić information content (AvgIpc) is 2.40. The molecule has 1 atom stereocenters. The maximum absolute atomic E-state index is 13.3. The van der Waals surface area contributed by atoms with E-state index in [4.69, 9.17) is 5.11 Å². The Labute approximate surface area is 108 Å². The maximum atomic E-state index is 13.3. The number of aliphatic hydroxyl groups is 1. The summed E-state index contributed by atoms with van der Waals surface area (Å²) in [5.74, 6) is -0.184. The maximum Gasteiger partial charge on any atom is 0.123 e. The summed E-state index contributed by atoms with van der Waals surface area (Å²) in [5, 5.41) is 12.3. The van der Waals surface area contributed by atoms with Crippen LogP contribution in [0.15, 0.2) is 24.3 Å². The Kier molecular flexibility index (Phi) is 5.11. The minimum Gasteiger partial charge on any atom is -0.396 e. The molecule has 18 heavy (non-hydrogen) atoms. The van der Waals surface area contributed by atoms with Crippen molar-refractivity contribution >= 4 is 0 Å². The molecule has 1 saturated heterocycles. The lowest BCUT2D eigenvalue weighted by Crippen LogP contribution is -2.45. The van der Waals surface area contributed by atoms with Gasteiger partial charge >= 0.3 is 0 Å². The fourth-order valence-electron chi connectivity index (χ4n) is 2.55. The molecule has 1 heterocycles. The van der Waals surface area contributed by atoms with E-state index in [1.807, 2.05) is 6.07 Å². The van der Waals surface area contributed by atoms with Gasteiger partial charge in [-0.25, -0.2) is 4.39 Å². The molecule has 0 aliphatic carbocycles. The third-order valence-corrected chi connectivity index (χ3v) is 3.46. The largest absolute Gasteiger partial charge is 0.396 e. The van der Waals surface area contributed by atoms with Crippen LogP contribution in [0.4, 0.5) is 4.39 Å². The van der Waals surface area contributed by atoms with Gasteiger partial charge in [0.05, 0.1) is 0 Å². The van der Waals surface area contributed by atoms with Gasteiger partial charge in [-0.1, -0.05) is 12.1 Å². The molecule has 0 saturated carbocycles. The van der Waals surface area contributed by atoms with Gasteiger partial charge in [-0.3, -0.25) is 4.90 Å². The standard InChI is InChI=1S/C14H21FN2O/c15-13-4-1-3-12(11-13)14(5-2-10-18)17-8-6-16-7-9-17/h1,3-4,11,14,16,18H,2,5-10H2/t14-/m1/s1. The van der Waals surface area contributed by atoms with Crippen LogP contribution in [-0.2, 0) is 0 Å². The Bertz CT molecular complexity index is 367. The summed E-state index contributed by atoms with van der Waals surface area (Å²) in [6.45, 7) is 4.10. The second kappa shape index (κ2) is 6.83. The molecule has 0 bridgehead atoms. The number of nitrogens with one attached hydrogen (secondary N) is 1. The van der Waals surface area contributed by atoms with E-state index in [0.29, 0.717) is 0 Å². The molecule has 2 rings (SSSR count). The summed E-state index contributed by atoms with van der Waals surface area (Å²) in [6.07, 6.45) is 1.63. The second-order valence-electron chi connectivity index (χ2n) is 4.72. The average molecular weight is 252 g/mol. The predicted molar refractivity (Wildman–Crippen MR) is 69.9 cm³/mol. The zero-order chi connectivity index (χ0) is 12.8. The van der Waals surface area contributed by atoms with Crippen LogP contribution in [0.5, 0.6) is 0 Å². The molecule has 0 spiro atoms. The van der Waals surface area contributed by atoms with E-state index >= 15 is 0 Å². The molecule has 2 N–H and O–H groups in total. The number of hydrogen-bond acceptors (Lipinski definition) is 3. The van der Waals surface area contributed by atoms with E-state index in [0.717, 1.165) is 44.6 Å². The van der Waals surface area contributed by atoms with Gasteiger partial charge in [-0.05, 0) is 30.5 Å². The van der Waals surface area contributed by atoms with Crippen LogP contribution in [0.2, 0.25) is 0 Å². The predicted octanol–water partition coefficient (Wildman–Crippen LogP) is 1.54. The highest BCUT2D eigenvalue weighted by Gasteiger charge is 2.21. The van der Waals surface area contributed by atoms with Crippen molar-refractivity contribution < 1.29 is 9.50 Å². The highest BCUT2D eigenvalue weighted by atomic mass is 19.1. The first kappa shape index (κ1) is 13.5. The normalized spacial score (nSPS) is 18.8. The highest BCUT2D eigenvalue weighted by molar-refractivity contribution is 5.20. The van der Waals surface area contributed by atoms with Crippen LogP contribution < -0.4 is 5.32 Å². The summed E-state index contributed by atoms with van der Waals surface area (Å²) >= 11 is 0. The molecule has 1 aliphatic rings. The lowest BCUT2D eigenvalue weighted by Gasteiger charge is -2.35. The Morgan fingerprint density at radius 3 is 2.78 bits per heavy atom. The first-order valence-corrected chi connectivity index (χ1v) is 6.62. The summed E-state index contributed by atoms with van der Waals surface area (Å²) in [7, 11) is 0. The highest BCUT2D eigenvalue weighted by Crippen LogP contribution is 2.26. The fourth-order valence-corrected chi connectivity index (χ4v) is 2.55. The number of halogens is 1. The number of hydrogen-bond donors (Lipinski definition) is 2. The summed E-state index contributed by atoms with van der Waals surface area (Å²) in [4.78, 5) is 2.38. The number of rotatable bonds is 5. The van der Waals surface area contributed by atoms with Gasteiger partial charge in [0, 0.05) is 38.8 Å². The van der Waals surface area contributed by atoms with Crippen molar-refractivity contribution in [1.82, 2.24) is 10.2 Å². The molecule has 0 unspecified atom stereocenters. The topological polar surface area (TPSA) is 35.5 Å². The third kappa shape index (κ3) is 3.51. The van der Waals surface area contributed by atoms with Crippen molar-refractivity contribution in [2.75, 3.05) is 32.8 Å². The fraction of sp³-hybridized carbons (Fsp3) is 0.571. The molecular weight excluding hydrogens is 231 g/mol. The first-order valence-electron chi connectivity index (χ1n) is 6.62. The number of benzene rings is 1. The van der Waals surface area contributed by atoms with Gasteiger partial charge in [0.1, 0.15) is 5.82 Å². The zero-order valence-electron chi connectivity index (χ0n) is 10.6. The van der Waals surface area contributed by atoms with Crippen molar-refractivity contribution in [3.8, 4) is 0 Å². The van der Waals surface area contributed by atoms with Crippen LogP contribution in [-0.4, -0.2) is 42.8 Å². The molecule has 100 valence electrons. The Hall–Kier alpha value is -0.970. The van der Waals surface area contributed by atoms with E-state index in [2.05, 4.69) is 10.2 Å². The third-order valence-electron chi connectivity index (χ3n) is 3.46. The number of aliphatic hydroxyl groups excluding tert-OH is 1. The Morgan fingerprint density at radius 1 is 1.33 bits per heavy atom. The minimum atomic E-state index is -0.184. The van der Waals surface area contributed by atoms with Crippen molar-refractivity contribution in [3.05, 3.63) is 35.6 Å². The lowest BCUT2D eigenvalue weighted by atomic mass is 9.99. The second-order valence-corrected chi connectivity index (χ2v) is 4.72. The van der Waals surface area contributed by atoms with Crippen molar-refractivity contribution in [2.45, 2.75) is 18.9 Å². The van der Waals surface area contributed by atoms with Crippen molar-refractivity contribution in [3.63, 3.8) is 0 Å². The quantitative estimate of drug-likeness (QED) is 0.834. The molecule has 1 fully saturated rings. The van der Waals surface area contributed by atoms with Crippen LogP contribution in [0, 0.1) is 5.82 Å². The van der Waals surface area contributed by atoms with Gasteiger partial charge < -0.3 is 10.4 Å². The first-order chi connectivity index (χ1) is 8.81.